The Hall–Kier alpha value is -1.85. The SMILES string of the molecule is CC1(C)C(C(=O)c2c[nH]c3c(F)c(F)c(F)c(F)c23)C1(C)C. The molecule has 0 spiro atoms. The van der Waals surface area contributed by atoms with Gasteiger partial charge in [-0.2, -0.15) is 0 Å². The van der Waals surface area contributed by atoms with Crippen LogP contribution in [-0.4, -0.2) is 10.8 Å². The van der Waals surface area contributed by atoms with Gasteiger partial charge in [-0.3, -0.25) is 4.79 Å². The summed E-state index contributed by atoms with van der Waals surface area (Å²) in [5.74, 6) is -7.66. The van der Waals surface area contributed by atoms with Crippen molar-refractivity contribution in [2.45, 2.75) is 27.7 Å². The second kappa shape index (κ2) is 4.12. The molecule has 0 saturated heterocycles. The zero-order chi connectivity index (χ0) is 16.6. The zero-order valence-corrected chi connectivity index (χ0v) is 12.6. The number of hydrogen-bond donors (Lipinski definition) is 1. The summed E-state index contributed by atoms with van der Waals surface area (Å²) in [5.41, 5.74) is -1.28. The molecule has 2 nitrogen and oxygen atoms in total. The third kappa shape index (κ3) is 1.58. The Bertz CT molecular complexity index is 805. The molecule has 1 aliphatic rings. The van der Waals surface area contributed by atoms with Gasteiger partial charge < -0.3 is 4.98 Å². The van der Waals surface area contributed by atoms with Gasteiger partial charge in [-0.25, -0.2) is 17.6 Å². The van der Waals surface area contributed by atoms with Gasteiger partial charge in [0.25, 0.3) is 0 Å². The number of hydrogen-bond acceptors (Lipinski definition) is 1. The van der Waals surface area contributed by atoms with Crippen LogP contribution in [0.2, 0.25) is 0 Å². The molecule has 0 bridgehead atoms. The summed E-state index contributed by atoms with van der Waals surface area (Å²) >= 11 is 0. The van der Waals surface area contributed by atoms with Gasteiger partial charge in [0.1, 0.15) is 0 Å². The number of carbonyl (C=O) groups excluding carboxylic acids is 1. The number of rotatable bonds is 2. The number of carbonyl (C=O) groups is 1. The number of fused-ring (bicyclic) bond motifs is 1. The summed E-state index contributed by atoms with van der Waals surface area (Å²) in [6.07, 6.45) is 1.11. The maximum atomic E-state index is 14.0. The maximum Gasteiger partial charge on any atom is 0.199 e. The van der Waals surface area contributed by atoms with Crippen molar-refractivity contribution in [2.24, 2.45) is 16.7 Å². The smallest absolute Gasteiger partial charge is 0.199 e. The molecule has 0 atom stereocenters. The maximum absolute atomic E-state index is 14.0. The van der Waals surface area contributed by atoms with E-state index in [0.29, 0.717) is 0 Å². The molecular weight excluding hydrogens is 298 g/mol. The van der Waals surface area contributed by atoms with E-state index in [4.69, 9.17) is 0 Å². The summed E-state index contributed by atoms with van der Waals surface area (Å²) < 4.78 is 54.4. The van der Waals surface area contributed by atoms with E-state index in [0.717, 1.165) is 6.20 Å². The van der Waals surface area contributed by atoms with Gasteiger partial charge in [0, 0.05) is 17.7 Å². The second-order valence-electron chi connectivity index (χ2n) is 6.95. The average Bonchev–Trinajstić information content (AvgIpc) is 2.80. The fraction of sp³-hybridized carbons (Fsp3) is 0.438. The van der Waals surface area contributed by atoms with E-state index >= 15 is 0 Å². The monoisotopic (exact) mass is 313 g/mol. The van der Waals surface area contributed by atoms with Crippen LogP contribution in [0.15, 0.2) is 6.20 Å². The van der Waals surface area contributed by atoms with Gasteiger partial charge in [0.15, 0.2) is 29.1 Å². The lowest BCUT2D eigenvalue weighted by atomic mass is 10.00. The summed E-state index contributed by atoms with van der Waals surface area (Å²) in [6.45, 7) is 7.62. The molecule has 1 aromatic heterocycles. The van der Waals surface area contributed by atoms with E-state index < -0.39 is 45.9 Å². The Kier molecular flexibility index (Phi) is 2.82. The molecule has 0 radical (unpaired) electrons. The summed E-state index contributed by atoms with van der Waals surface area (Å²) in [7, 11) is 0. The largest absolute Gasteiger partial charge is 0.358 e. The normalized spacial score (nSPS) is 19.6. The summed E-state index contributed by atoms with van der Waals surface area (Å²) in [4.78, 5) is 15.0. The molecule has 2 aromatic rings. The Labute approximate surface area is 124 Å². The molecule has 118 valence electrons. The van der Waals surface area contributed by atoms with Crippen LogP contribution >= 0.6 is 0 Å². The van der Waals surface area contributed by atoms with Crippen LogP contribution in [0.4, 0.5) is 17.6 Å². The number of ketones is 1. The van der Waals surface area contributed by atoms with Gasteiger partial charge in [0.2, 0.25) is 0 Å². The topological polar surface area (TPSA) is 32.9 Å². The molecule has 1 aromatic carbocycles. The van der Waals surface area contributed by atoms with E-state index in [1.165, 1.54) is 0 Å². The number of halogens is 4. The number of Topliss-reactive ketones (excluding diaryl/α,β-unsaturated/α-hetero) is 1. The third-order valence-corrected chi connectivity index (χ3v) is 5.45. The van der Waals surface area contributed by atoms with Gasteiger partial charge in [-0.15, -0.1) is 0 Å². The molecule has 1 fully saturated rings. The van der Waals surface area contributed by atoms with Crippen LogP contribution in [0.1, 0.15) is 38.1 Å². The van der Waals surface area contributed by atoms with Crippen molar-refractivity contribution in [3.05, 3.63) is 35.0 Å². The van der Waals surface area contributed by atoms with Gasteiger partial charge in [0.05, 0.1) is 10.9 Å². The summed E-state index contributed by atoms with van der Waals surface area (Å²) in [5, 5.41) is -0.528. The van der Waals surface area contributed by atoms with Gasteiger partial charge in [-0.1, -0.05) is 27.7 Å². The van der Waals surface area contributed by atoms with Crippen molar-refractivity contribution >= 4 is 16.7 Å². The van der Waals surface area contributed by atoms with Crippen molar-refractivity contribution in [1.82, 2.24) is 4.98 Å². The first-order valence-electron chi connectivity index (χ1n) is 6.90. The number of nitrogens with one attached hydrogen (secondary N) is 1. The predicted octanol–water partition coefficient (Wildman–Crippen LogP) is 4.59. The minimum atomic E-state index is -1.91. The lowest BCUT2D eigenvalue weighted by Gasteiger charge is -2.04. The van der Waals surface area contributed by atoms with Crippen molar-refractivity contribution in [3.8, 4) is 0 Å². The fourth-order valence-electron chi connectivity index (χ4n) is 3.44. The highest BCUT2D eigenvalue weighted by atomic mass is 19.2. The van der Waals surface area contributed by atoms with E-state index in [-0.39, 0.29) is 16.4 Å². The molecule has 0 aliphatic heterocycles. The van der Waals surface area contributed by atoms with E-state index in [2.05, 4.69) is 4.98 Å². The average molecular weight is 313 g/mol. The van der Waals surface area contributed by atoms with Crippen LogP contribution in [-0.2, 0) is 0 Å². The lowest BCUT2D eigenvalue weighted by molar-refractivity contribution is 0.0946. The Morgan fingerprint density at radius 3 is 1.95 bits per heavy atom. The first-order chi connectivity index (χ1) is 10.0. The zero-order valence-electron chi connectivity index (χ0n) is 12.6. The minimum Gasteiger partial charge on any atom is -0.358 e. The van der Waals surface area contributed by atoms with Gasteiger partial charge >= 0.3 is 0 Å². The lowest BCUT2D eigenvalue weighted by Crippen LogP contribution is -2.08. The quantitative estimate of drug-likeness (QED) is 0.374. The minimum absolute atomic E-state index is 0.144. The second-order valence-corrected chi connectivity index (χ2v) is 6.95. The first-order valence-corrected chi connectivity index (χ1v) is 6.90. The van der Waals surface area contributed by atoms with Crippen molar-refractivity contribution in [1.29, 1.82) is 0 Å². The van der Waals surface area contributed by atoms with Crippen LogP contribution in [0.3, 0.4) is 0 Å². The number of aromatic amines is 1. The third-order valence-electron chi connectivity index (χ3n) is 5.45. The molecule has 6 heteroatoms. The molecule has 1 N–H and O–H groups in total. The van der Waals surface area contributed by atoms with Crippen molar-refractivity contribution in [3.63, 3.8) is 0 Å². The molecule has 1 heterocycles. The molecule has 0 amide bonds. The Morgan fingerprint density at radius 2 is 1.45 bits per heavy atom. The van der Waals surface area contributed by atoms with Crippen LogP contribution in [0, 0.1) is 40.0 Å². The van der Waals surface area contributed by atoms with Crippen molar-refractivity contribution < 1.29 is 22.4 Å². The molecule has 0 unspecified atom stereocenters. The number of aromatic nitrogens is 1. The molecule has 1 saturated carbocycles. The van der Waals surface area contributed by atoms with E-state index in [1.807, 2.05) is 27.7 Å². The van der Waals surface area contributed by atoms with E-state index in [9.17, 15) is 22.4 Å². The van der Waals surface area contributed by atoms with Crippen LogP contribution in [0.25, 0.3) is 10.9 Å². The summed E-state index contributed by atoms with van der Waals surface area (Å²) in [6, 6.07) is 0. The number of benzene rings is 1. The Balaban J connectivity index is 2.21. The van der Waals surface area contributed by atoms with Crippen molar-refractivity contribution in [2.75, 3.05) is 0 Å². The van der Waals surface area contributed by atoms with E-state index in [1.54, 1.807) is 0 Å². The molecule has 3 rings (SSSR count). The van der Waals surface area contributed by atoms with Crippen LogP contribution in [0.5, 0.6) is 0 Å². The Morgan fingerprint density at radius 1 is 0.955 bits per heavy atom. The first kappa shape index (κ1) is 15.1. The van der Waals surface area contributed by atoms with Crippen LogP contribution < -0.4 is 0 Å². The fourth-order valence-corrected chi connectivity index (χ4v) is 3.44. The van der Waals surface area contributed by atoms with Gasteiger partial charge in [-0.05, 0) is 10.8 Å². The predicted molar refractivity (Wildman–Crippen MR) is 73.5 cm³/mol. The molecular formula is C16H15F4NO. The standard InChI is InChI=1S/C16H15F4NO/c1-15(2)14(16(15,3)4)13(22)6-5-21-12-7(6)8(17)9(18)10(19)11(12)20/h5,14,21H,1-4H3. The highest BCUT2D eigenvalue weighted by Gasteiger charge is 2.68. The molecule has 1 aliphatic carbocycles. The molecule has 22 heavy (non-hydrogen) atoms. The highest BCUT2D eigenvalue weighted by molar-refractivity contribution is 6.11. The number of H-pyrrole nitrogens is 1. The highest BCUT2D eigenvalue weighted by Crippen LogP contribution is 2.69.